The number of likely N-dealkylation sites (tertiary alicyclic amines) is 1. The largest absolute Gasteiger partial charge is 0.416 e. The van der Waals surface area contributed by atoms with Crippen molar-refractivity contribution >= 4 is 11.8 Å². The summed E-state index contributed by atoms with van der Waals surface area (Å²) < 4.78 is 53.2. The Balaban J connectivity index is 1.46. The van der Waals surface area contributed by atoms with E-state index in [9.17, 15) is 27.2 Å². The minimum absolute atomic E-state index is 0.00510. The van der Waals surface area contributed by atoms with Gasteiger partial charge in [-0.15, -0.1) is 0 Å². The predicted octanol–water partition coefficient (Wildman–Crippen LogP) is 4.34. The molecule has 1 fully saturated rings. The average Bonchev–Trinajstić information content (AvgIpc) is 3.08. The van der Waals surface area contributed by atoms with Gasteiger partial charge in [-0.1, -0.05) is 24.3 Å². The van der Waals surface area contributed by atoms with Crippen molar-refractivity contribution in [1.82, 2.24) is 9.80 Å². The predicted molar refractivity (Wildman–Crippen MR) is 105 cm³/mol. The quantitative estimate of drug-likeness (QED) is 0.675. The Morgan fingerprint density at radius 2 is 1.90 bits per heavy atom. The van der Waals surface area contributed by atoms with Gasteiger partial charge in [-0.25, -0.2) is 4.39 Å². The molecule has 0 bridgehead atoms. The van der Waals surface area contributed by atoms with E-state index >= 15 is 0 Å². The van der Waals surface area contributed by atoms with E-state index in [0.717, 1.165) is 17.7 Å². The molecule has 8 heteroatoms. The van der Waals surface area contributed by atoms with E-state index in [-0.39, 0.29) is 37.1 Å². The van der Waals surface area contributed by atoms with E-state index in [4.69, 9.17) is 0 Å². The lowest BCUT2D eigenvalue weighted by atomic mass is 9.91. The van der Waals surface area contributed by atoms with Crippen LogP contribution in [0.15, 0.2) is 42.5 Å². The summed E-state index contributed by atoms with van der Waals surface area (Å²) in [7, 11) is 0. The van der Waals surface area contributed by atoms with Gasteiger partial charge in [-0.3, -0.25) is 9.59 Å². The molecule has 0 radical (unpaired) electrons. The van der Waals surface area contributed by atoms with Gasteiger partial charge < -0.3 is 9.80 Å². The number of hydrogen-bond donors (Lipinski definition) is 0. The van der Waals surface area contributed by atoms with Crippen LogP contribution in [-0.4, -0.2) is 34.7 Å². The second-order valence-electron chi connectivity index (χ2n) is 8.14. The lowest BCUT2D eigenvalue weighted by molar-refractivity contribution is -0.138. The molecule has 2 aliphatic heterocycles. The van der Waals surface area contributed by atoms with Crippen LogP contribution in [-0.2, 0) is 28.7 Å². The second-order valence-corrected chi connectivity index (χ2v) is 8.14. The van der Waals surface area contributed by atoms with E-state index in [0.29, 0.717) is 24.1 Å². The number of amides is 2. The summed E-state index contributed by atoms with van der Waals surface area (Å²) in [5, 5.41) is 0. The van der Waals surface area contributed by atoms with E-state index in [1.807, 2.05) is 6.07 Å². The zero-order valence-corrected chi connectivity index (χ0v) is 17.0. The lowest BCUT2D eigenvalue weighted by Gasteiger charge is -2.37. The van der Waals surface area contributed by atoms with Crippen LogP contribution in [0.4, 0.5) is 17.6 Å². The van der Waals surface area contributed by atoms with Gasteiger partial charge in [0.2, 0.25) is 11.8 Å². The number of nitrogens with zero attached hydrogens (tertiary/aromatic N) is 2. The molecule has 164 valence electrons. The fourth-order valence-electron chi connectivity index (χ4n) is 4.55. The van der Waals surface area contributed by atoms with Gasteiger partial charge in [0.15, 0.2) is 0 Å². The van der Waals surface area contributed by atoms with Crippen LogP contribution in [0.1, 0.15) is 41.6 Å². The number of carbonyl (C=O) groups is 2. The van der Waals surface area contributed by atoms with Gasteiger partial charge in [-0.05, 0) is 42.7 Å². The van der Waals surface area contributed by atoms with Gasteiger partial charge in [0, 0.05) is 31.6 Å². The summed E-state index contributed by atoms with van der Waals surface area (Å²) >= 11 is 0. The summed E-state index contributed by atoms with van der Waals surface area (Å²) in [5.74, 6) is -1.43. The molecule has 2 aliphatic rings. The van der Waals surface area contributed by atoms with Crippen LogP contribution in [0, 0.1) is 11.7 Å². The van der Waals surface area contributed by atoms with E-state index < -0.39 is 23.7 Å². The van der Waals surface area contributed by atoms with E-state index in [1.54, 1.807) is 17.9 Å². The molecular weight excluding hydrogens is 412 g/mol. The zero-order valence-electron chi connectivity index (χ0n) is 17.0. The molecule has 2 atom stereocenters. The third-order valence-electron chi connectivity index (χ3n) is 6.13. The first-order valence-corrected chi connectivity index (χ1v) is 10.2. The minimum Gasteiger partial charge on any atom is -0.338 e. The number of carbonyl (C=O) groups excluding carboxylic acids is 2. The molecule has 2 heterocycles. The monoisotopic (exact) mass is 434 g/mol. The summed E-state index contributed by atoms with van der Waals surface area (Å²) in [6, 6.07) is 9.29. The van der Waals surface area contributed by atoms with Crippen molar-refractivity contribution in [3.63, 3.8) is 0 Å². The van der Waals surface area contributed by atoms with Crippen LogP contribution in [0.25, 0.3) is 0 Å². The number of fused-ring (bicyclic) bond motifs is 1. The fourth-order valence-corrected chi connectivity index (χ4v) is 4.55. The first-order valence-electron chi connectivity index (χ1n) is 10.2. The molecule has 0 spiro atoms. The molecule has 0 aliphatic carbocycles. The molecule has 2 amide bonds. The first-order chi connectivity index (χ1) is 14.6. The lowest BCUT2D eigenvalue weighted by Crippen LogP contribution is -2.43. The SMILES string of the molecule is CC1c2c(F)cccc2CCN1C(=O)C1CC(=O)N(Cc2cccc(C(F)(F)F)c2)C1. The molecular formula is C23H22F4N2O2. The highest BCUT2D eigenvalue weighted by Gasteiger charge is 2.40. The molecule has 0 N–H and O–H groups in total. The Morgan fingerprint density at radius 3 is 2.65 bits per heavy atom. The van der Waals surface area contributed by atoms with Crippen molar-refractivity contribution in [2.24, 2.45) is 5.92 Å². The highest BCUT2D eigenvalue weighted by Crippen LogP contribution is 2.34. The van der Waals surface area contributed by atoms with Gasteiger partial charge in [0.05, 0.1) is 17.5 Å². The molecule has 2 aromatic carbocycles. The van der Waals surface area contributed by atoms with Gasteiger partial charge in [0.25, 0.3) is 0 Å². The molecule has 4 nitrogen and oxygen atoms in total. The van der Waals surface area contributed by atoms with Crippen molar-refractivity contribution in [3.8, 4) is 0 Å². The van der Waals surface area contributed by atoms with Crippen molar-refractivity contribution in [1.29, 1.82) is 0 Å². The Hall–Kier alpha value is -2.90. The van der Waals surface area contributed by atoms with E-state index in [2.05, 4.69) is 0 Å². The Kier molecular flexibility index (Phi) is 5.49. The zero-order chi connectivity index (χ0) is 22.3. The average molecular weight is 434 g/mol. The van der Waals surface area contributed by atoms with Crippen LogP contribution < -0.4 is 0 Å². The Morgan fingerprint density at radius 1 is 1.16 bits per heavy atom. The summed E-state index contributed by atoms with van der Waals surface area (Å²) in [6.45, 7) is 2.37. The van der Waals surface area contributed by atoms with Gasteiger partial charge in [0.1, 0.15) is 5.82 Å². The molecule has 0 aromatic heterocycles. The smallest absolute Gasteiger partial charge is 0.338 e. The van der Waals surface area contributed by atoms with Crippen molar-refractivity contribution < 1.29 is 27.2 Å². The number of benzene rings is 2. The summed E-state index contributed by atoms with van der Waals surface area (Å²) in [5.41, 5.74) is 0.975. The van der Waals surface area contributed by atoms with Crippen LogP contribution >= 0.6 is 0 Å². The highest BCUT2D eigenvalue weighted by molar-refractivity contribution is 5.89. The maximum absolute atomic E-state index is 14.3. The highest BCUT2D eigenvalue weighted by atomic mass is 19.4. The first kappa shape index (κ1) is 21.3. The number of halogens is 4. The molecule has 0 saturated carbocycles. The van der Waals surface area contributed by atoms with Crippen LogP contribution in [0.2, 0.25) is 0 Å². The molecule has 4 rings (SSSR count). The summed E-state index contributed by atoms with van der Waals surface area (Å²) in [6.07, 6.45) is -3.91. The van der Waals surface area contributed by atoms with Crippen LogP contribution in [0.3, 0.4) is 0 Å². The van der Waals surface area contributed by atoms with Crippen molar-refractivity contribution in [3.05, 3.63) is 70.5 Å². The Bertz CT molecular complexity index is 1020. The van der Waals surface area contributed by atoms with Gasteiger partial charge in [-0.2, -0.15) is 13.2 Å². The molecule has 2 unspecified atom stereocenters. The normalized spacial score (nSPS) is 21.4. The third kappa shape index (κ3) is 4.16. The van der Waals surface area contributed by atoms with E-state index in [1.165, 1.54) is 23.1 Å². The number of rotatable bonds is 3. The molecule has 2 aromatic rings. The third-order valence-corrected chi connectivity index (χ3v) is 6.13. The Labute approximate surface area is 177 Å². The maximum atomic E-state index is 14.3. The number of alkyl halides is 3. The van der Waals surface area contributed by atoms with Crippen molar-refractivity contribution in [2.45, 2.75) is 38.5 Å². The minimum atomic E-state index is -4.46. The standard InChI is InChI=1S/C23H22F4N2O2/c1-14-21-16(5-3-7-19(21)24)8-9-29(14)22(31)17-11-20(30)28(13-17)12-15-4-2-6-18(10-15)23(25,26)27/h2-7,10,14,17H,8-9,11-13H2,1H3. The molecule has 1 saturated heterocycles. The molecule has 31 heavy (non-hydrogen) atoms. The van der Waals surface area contributed by atoms with Gasteiger partial charge >= 0.3 is 6.18 Å². The topological polar surface area (TPSA) is 40.6 Å². The van der Waals surface area contributed by atoms with Crippen LogP contribution in [0.5, 0.6) is 0 Å². The summed E-state index contributed by atoms with van der Waals surface area (Å²) in [4.78, 5) is 28.6. The second kappa shape index (κ2) is 7.98. The maximum Gasteiger partial charge on any atom is 0.416 e. The number of hydrogen-bond acceptors (Lipinski definition) is 2. The van der Waals surface area contributed by atoms with Crippen molar-refractivity contribution in [2.75, 3.05) is 13.1 Å². The fraction of sp³-hybridized carbons (Fsp3) is 0.391.